The Morgan fingerprint density at radius 3 is 2.64 bits per heavy atom. The molecule has 0 N–H and O–H groups in total. The third-order valence-corrected chi connectivity index (χ3v) is 4.00. The first-order chi connectivity index (χ1) is 10.7. The molecule has 0 bridgehead atoms. The second-order valence-corrected chi connectivity index (χ2v) is 5.77. The highest BCUT2D eigenvalue weighted by Crippen LogP contribution is 2.34. The van der Waals surface area contributed by atoms with Crippen LogP contribution in [0.2, 0.25) is 0 Å². The molecule has 0 aliphatic rings. The molecular formula is C19H16N2O. The van der Waals surface area contributed by atoms with Crippen molar-refractivity contribution in [1.82, 2.24) is 9.97 Å². The third kappa shape index (κ3) is 1.98. The zero-order chi connectivity index (χ0) is 15.1. The Bertz CT molecular complexity index is 969. The third-order valence-electron chi connectivity index (χ3n) is 4.00. The van der Waals surface area contributed by atoms with Crippen LogP contribution < -0.4 is 0 Å². The zero-order valence-electron chi connectivity index (χ0n) is 12.6. The summed E-state index contributed by atoms with van der Waals surface area (Å²) in [7, 11) is 0. The van der Waals surface area contributed by atoms with Crippen molar-refractivity contribution in [3.63, 3.8) is 0 Å². The number of hydrogen-bond donors (Lipinski definition) is 0. The fourth-order valence-corrected chi connectivity index (χ4v) is 2.79. The van der Waals surface area contributed by atoms with Crippen LogP contribution in [0.5, 0.6) is 0 Å². The SMILES string of the molecule is CC(C)c1ccnc(-c2cccc3c2oc2ncccc23)c1. The standard InChI is InChI=1S/C19H16N2O/c1-12(2)13-8-10-20-17(11-13)16-6-3-5-14-15-7-4-9-21-19(15)22-18(14)16/h3-12H,1-2H3. The Morgan fingerprint density at radius 1 is 0.909 bits per heavy atom. The van der Waals surface area contributed by atoms with E-state index in [0.717, 1.165) is 27.6 Å². The molecule has 0 aliphatic heterocycles. The molecule has 0 aliphatic carbocycles. The quantitative estimate of drug-likeness (QED) is 0.511. The second-order valence-electron chi connectivity index (χ2n) is 5.77. The summed E-state index contributed by atoms with van der Waals surface area (Å²) in [5.41, 5.74) is 4.75. The topological polar surface area (TPSA) is 38.9 Å². The van der Waals surface area contributed by atoms with Crippen molar-refractivity contribution in [1.29, 1.82) is 0 Å². The van der Waals surface area contributed by atoms with E-state index in [0.29, 0.717) is 11.6 Å². The second kappa shape index (κ2) is 4.95. The smallest absolute Gasteiger partial charge is 0.227 e. The molecule has 22 heavy (non-hydrogen) atoms. The van der Waals surface area contributed by atoms with E-state index in [-0.39, 0.29) is 0 Å². The highest BCUT2D eigenvalue weighted by atomic mass is 16.3. The fraction of sp³-hybridized carbons (Fsp3) is 0.158. The summed E-state index contributed by atoms with van der Waals surface area (Å²) >= 11 is 0. The van der Waals surface area contributed by atoms with Crippen molar-refractivity contribution in [2.75, 3.05) is 0 Å². The van der Waals surface area contributed by atoms with Crippen LogP contribution in [-0.2, 0) is 0 Å². The van der Waals surface area contributed by atoms with Crippen LogP contribution in [0.1, 0.15) is 25.3 Å². The molecule has 3 heteroatoms. The number of fused-ring (bicyclic) bond motifs is 3. The van der Waals surface area contributed by atoms with E-state index >= 15 is 0 Å². The van der Waals surface area contributed by atoms with Gasteiger partial charge in [-0.15, -0.1) is 0 Å². The molecule has 0 spiro atoms. The first-order valence-electron chi connectivity index (χ1n) is 7.46. The fourth-order valence-electron chi connectivity index (χ4n) is 2.79. The molecule has 108 valence electrons. The molecule has 3 heterocycles. The average molecular weight is 288 g/mol. The summed E-state index contributed by atoms with van der Waals surface area (Å²) in [5, 5.41) is 2.12. The summed E-state index contributed by atoms with van der Waals surface area (Å²) in [6, 6.07) is 14.3. The average Bonchev–Trinajstić information content (AvgIpc) is 2.93. The van der Waals surface area contributed by atoms with Crippen LogP contribution >= 0.6 is 0 Å². The van der Waals surface area contributed by atoms with Gasteiger partial charge in [-0.2, -0.15) is 0 Å². The molecule has 4 aromatic rings. The maximum absolute atomic E-state index is 5.99. The number of nitrogens with zero attached hydrogens (tertiary/aromatic N) is 2. The van der Waals surface area contributed by atoms with Crippen molar-refractivity contribution >= 4 is 22.1 Å². The lowest BCUT2D eigenvalue weighted by molar-refractivity contribution is 0.655. The largest absolute Gasteiger partial charge is 0.437 e. The minimum Gasteiger partial charge on any atom is -0.437 e. The van der Waals surface area contributed by atoms with Crippen molar-refractivity contribution in [2.45, 2.75) is 19.8 Å². The molecule has 0 radical (unpaired) electrons. The molecule has 0 unspecified atom stereocenters. The number of pyridine rings is 2. The highest BCUT2D eigenvalue weighted by Gasteiger charge is 2.13. The highest BCUT2D eigenvalue weighted by molar-refractivity contribution is 6.08. The predicted molar refractivity (Wildman–Crippen MR) is 88.8 cm³/mol. The van der Waals surface area contributed by atoms with Gasteiger partial charge < -0.3 is 4.42 Å². The molecule has 1 aromatic carbocycles. The molecule has 4 rings (SSSR count). The monoisotopic (exact) mass is 288 g/mol. The summed E-state index contributed by atoms with van der Waals surface area (Å²) in [5.74, 6) is 0.471. The summed E-state index contributed by atoms with van der Waals surface area (Å²) in [4.78, 5) is 8.84. The van der Waals surface area contributed by atoms with Gasteiger partial charge in [0.15, 0.2) is 0 Å². The summed E-state index contributed by atoms with van der Waals surface area (Å²) < 4.78 is 5.99. The summed E-state index contributed by atoms with van der Waals surface area (Å²) in [6.45, 7) is 4.37. The maximum Gasteiger partial charge on any atom is 0.227 e. The first-order valence-corrected chi connectivity index (χ1v) is 7.46. The lowest BCUT2D eigenvalue weighted by Crippen LogP contribution is -1.90. The van der Waals surface area contributed by atoms with Gasteiger partial charge in [0.05, 0.1) is 5.69 Å². The van der Waals surface area contributed by atoms with E-state index in [2.05, 4.69) is 48.1 Å². The van der Waals surface area contributed by atoms with Crippen molar-refractivity contribution in [2.24, 2.45) is 0 Å². The van der Waals surface area contributed by atoms with Gasteiger partial charge >= 0.3 is 0 Å². The van der Waals surface area contributed by atoms with Crippen LogP contribution in [-0.4, -0.2) is 9.97 Å². The van der Waals surface area contributed by atoms with E-state index in [1.807, 2.05) is 24.4 Å². The minimum atomic E-state index is 0.471. The van der Waals surface area contributed by atoms with Crippen LogP contribution in [0.25, 0.3) is 33.3 Å². The van der Waals surface area contributed by atoms with Gasteiger partial charge in [-0.05, 0) is 41.8 Å². The zero-order valence-corrected chi connectivity index (χ0v) is 12.6. The summed E-state index contributed by atoms with van der Waals surface area (Å²) in [6.07, 6.45) is 3.62. The molecule has 0 fully saturated rings. The minimum absolute atomic E-state index is 0.471. The Kier molecular flexibility index (Phi) is 2.93. The number of para-hydroxylation sites is 1. The van der Waals surface area contributed by atoms with Crippen LogP contribution in [0, 0.1) is 0 Å². The number of benzene rings is 1. The van der Waals surface area contributed by atoms with Gasteiger partial charge in [-0.1, -0.05) is 26.0 Å². The van der Waals surface area contributed by atoms with Crippen LogP contribution in [0.4, 0.5) is 0 Å². The van der Waals surface area contributed by atoms with E-state index in [1.54, 1.807) is 6.20 Å². The molecule has 3 nitrogen and oxygen atoms in total. The van der Waals surface area contributed by atoms with Gasteiger partial charge in [0, 0.05) is 28.7 Å². The van der Waals surface area contributed by atoms with E-state index in [9.17, 15) is 0 Å². The van der Waals surface area contributed by atoms with E-state index in [4.69, 9.17) is 4.42 Å². The molecule has 0 atom stereocenters. The predicted octanol–water partition coefficient (Wildman–Crippen LogP) is 5.17. The van der Waals surface area contributed by atoms with Gasteiger partial charge in [-0.3, -0.25) is 4.98 Å². The molecular weight excluding hydrogens is 272 g/mol. The van der Waals surface area contributed by atoms with E-state index in [1.165, 1.54) is 5.56 Å². The van der Waals surface area contributed by atoms with Crippen molar-refractivity contribution in [3.8, 4) is 11.3 Å². The number of aromatic nitrogens is 2. The number of hydrogen-bond acceptors (Lipinski definition) is 3. The Hall–Kier alpha value is -2.68. The Balaban J connectivity index is 2.01. The lowest BCUT2D eigenvalue weighted by atomic mass is 10.0. The van der Waals surface area contributed by atoms with Gasteiger partial charge in [-0.25, -0.2) is 4.98 Å². The van der Waals surface area contributed by atoms with Crippen molar-refractivity contribution in [3.05, 3.63) is 60.4 Å². The van der Waals surface area contributed by atoms with Gasteiger partial charge in [0.25, 0.3) is 0 Å². The Morgan fingerprint density at radius 2 is 1.77 bits per heavy atom. The maximum atomic E-state index is 5.99. The normalized spacial score (nSPS) is 11.6. The number of furan rings is 1. The molecule has 3 aromatic heterocycles. The molecule has 0 saturated carbocycles. The van der Waals surface area contributed by atoms with Crippen molar-refractivity contribution < 1.29 is 4.42 Å². The number of rotatable bonds is 2. The first kappa shape index (κ1) is 13.0. The lowest BCUT2D eigenvalue weighted by Gasteiger charge is -2.07. The van der Waals surface area contributed by atoms with Crippen LogP contribution in [0.15, 0.2) is 59.3 Å². The Labute approximate surface area is 128 Å². The van der Waals surface area contributed by atoms with Gasteiger partial charge in [0.2, 0.25) is 5.71 Å². The molecule has 0 saturated heterocycles. The molecule has 0 amide bonds. The van der Waals surface area contributed by atoms with E-state index < -0.39 is 0 Å². The van der Waals surface area contributed by atoms with Crippen LogP contribution in [0.3, 0.4) is 0 Å². The van der Waals surface area contributed by atoms with Gasteiger partial charge in [0.1, 0.15) is 5.58 Å².